The van der Waals surface area contributed by atoms with E-state index in [1.807, 2.05) is 31.2 Å². The van der Waals surface area contributed by atoms with Crippen LogP contribution in [-0.2, 0) is 6.54 Å². The van der Waals surface area contributed by atoms with Crippen LogP contribution in [0.3, 0.4) is 0 Å². The van der Waals surface area contributed by atoms with Gasteiger partial charge in [-0.3, -0.25) is 0 Å². The van der Waals surface area contributed by atoms with E-state index in [4.69, 9.17) is 11.6 Å². The van der Waals surface area contributed by atoms with E-state index in [2.05, 4.69) is 25.9 Å². The summed E-state index contributed by atoms with van der Waals surface area (Å²) in [6, 6.07) is 7.77. The van der Waals surface area contributed by atoms with Gasteiger partial charge in [0.2, 0.25) is 0 Å². The first-order chi connectivity index (χ1) is 7.77. The van der Waals surface area contributed by atoms with Gasteiger partial charge in [-0.1, -0.05) is 35.0 Å². The van der Waals surface area contributed by atoms with E-state index >= 15 is 0 Å². The average Bonchev–Trinajstić information content (AvgIpc) is 2.81. The normalized spacial score (nSPS) is 12.6. The van der Waals surface area contributed by atoms with Crippen molar-refractivity contribution in [3.8, 4) is 0 Å². The lowest BCUT2D eigenvalue weighted by atomic mass is 10.2. The lowest BCUT2D eigenvalue weighted by molar-refractivity contribution is 0.547. The molecular formula is C10H12ClN5. The van der Waals surface area contributed by atoms with Crippen molar-refractivity contribution in [2.75, 3.05) is 0 Å². The molecule has 2 rings (SSSR count). The molecule has 0 aliphatic carbocycles. The molecule has 1 heterocycles. The summed E-state index contributed by atoms with van der Waals surface area (Å²) in [5.41, 5.74) is 1.06. The van der Waals surface area contributed by atoms with Crippen LogP contribution < -0.4 is 5.32 Å². The highest BCUT2D eigenvalue weighted by molar-refractivity contribution is 6.31. The monoisotopic (exact) mass is 237 g/mol. The van der Waals surface area contributed by atoms with Crippen LogP contribution in [-0.4, -0.2) is 20.6 Å². The third-order valence-corrected chi connectivity index (χ3v) is 2.67. The minimum absolute atomic E-state index is 0.0371. The van der Waals surface area contributed by atoms with E-state index in [9.17, 15) is 0 Å². The molecule has 5 nitrogen and oxygen atoms in total. The molecule has 0 spiro atoms. The first kappa shape index (κ1) is 11.0. The van der Waals surface area contributed by atoms with Crippen molar-refractivity contribution in [1.29, 1.82) is 0 Å². The van der Waals surface area contributed by atoms with Crippen LogP contribution in [0.25, 0.3) is 0 Å². The number of H-pyrrole nitrogens is 1. The summed E-state index contributed by atoms with van der Waals surface area (Å²) in [6.45, 7) is 2.65. The van der Waals surface area contributed by atoms with Crippen LogP contribution in [0.5, 0.6) is 0 Å². The molecule has 0 fully saturated rings. The zero-order valence-corrected chi connectivity index (χ0v) is 9.57. The Labute approximate surface area is 98.2 Å². The van der Waals surface area contributed by atoms with Crippen molar-refractivity contribution in [2.24, 2.45) is 0 Å². The van der Waals surface area contributed by atoms with Crippen molar-refractivity contribution < 1.29 is 0 Å². The van der Waals surface area contributed by atoms with Gasteiger partial charge < -0.3 is 5.32 Å². The molecule has 0 aliphatic rings. The third-order valence-electron chi connectivity index (χ3n) is 2.31. The molecule has 0 aliphatic heterocycles. The molecule has 16 heavy (non-hydrogen) atoms. The largest absolute Gasteiger partial charge is 0.303 e. The lowest BCUT2D eigenvalue weighted by Crippen LogP contribution is -2.19. The van der Waals surface area contributed by atoms with E-state index in [-0.39, 0.29) is 6.04 Å². The second kappa shape index (κ2) is 5.05. The number of tetrazole rings is 1. The summed E-state index contributed by atoms with van der Waals surface area (Å²) in [7, 11) is 0. The maximum Gasteiger partial charge on any atom is 0.191 e. The molecule has 1 atom stereocenters. The first-order valence-corrected chi connectivity index (χ1v) is 5.35. The van der Waals surface area contributed by atoms with Gasteiger partial charge in [-0.15, -0.1) is 10.2 Å². The summed E-state index contributed by atoms with van der Waals surface area (Å²) in [4.78, 5) is 0. The minimum Gasteiger partial charge on any atom is -0.303 e. The highest BCUT2D eigenvalue weighted by atomic mass is 35.5. The fourth-order valence-electron chi connectivity index (χ4n) is 1.35. The molecule has 84 valence electrons. The molecule has 1 unspecified atom stereocenters. The van der Waals surface area contributed by atoms with E-state index in [0.29, 0.717) is 12.4 Å². The van der Waals surface area contributed by atoms with Crippen molar-refractivity contribution >= 4 is 11.6 Å². The Kier molecular flexibility index (Phi) is 3.48. The number of rotatable bonds is 4. The number of aromatic amines is 1. The maximum absolute atomic E-state index is 6.04. The van der Waals surface area contributed by atoms with E-state index in [0.717, 1.165) is 10.6 Å². The highest BCUT2D eigenvalue weighted by Crippen LogP contribution is 2.15. The van der Waals surface area contributed by atoms with Gasteiger partial charge in [0.15, 0.2) is 5.82 Å². The van der Waals surface area contributed by atoms with Gasteiger partial charge in [-0.25, -0.2) is 0 Å². The smallest absolute Gasteiger partial charge is 0.191 e. The van der Waals surface area contributed by atoms with Gasteiger partial charge >= 0.3 is 0 Å². The van der Waals surface area contributed by atoms with Crippen LogP contribution in [0.2, 0.25) is 5.02 Å². The van der Waals surface area contributed by atoms with Gasteiger partial charge in [0, 0.05) is 11.6 Å². The first-order valence-electron chi connectivity index (χ1n) is 4.97. The molecule has 2 N–H and O–H groups in total. The van der Waals surface area contributed by atoms with Crippen molar-refractivity contribution in [3.05, 3.63) is 40.7 Å². The molecule has 0 amide bonds. The zero-order valence-electron chi connectivity index (χ0n) is 8.81. The lowest BCUT2D eigenvalue weighted by Gasteiger charge is -2.10. The van der Waals surface area contributed by atoms with Crippen LogP contribution in [0.15, 0.2) is 24.3 Å². The Morgan fingerprint density at radius 3 is 2.94 bits per heavy atom. The van der Waals surface area contributed by atoms with Gasteiger partial charge in [0.1, 0.15) is 0 Å². The minimum atomic E-state index is 0.0371. The fraction of sp³-hybridized carbons (Fsp3) is 0.300. The van der Waals surface area contributed by atoms with E-state index in [1.54, 1.807) is 0 Å². The Morgan fingerprint density at radius 1 is 1.44 bits per heavy atom. The predicted molar refractivity (Wildman–Crippen MR) is 60.9 cm³/mol. The molecule has 2 aromatic rings. The van der Waals surface area contributed by atoms with Gasteiger partial charge in [0.25, 0.3) is 0 Å². The Hall–Kier alpha value is -1.46. The third kappa shape index (κ3) is 2.56. The SMILES string of the molecule is CC(NCc1ccccc1Cl)c1nn[nH]n1. The topological polar surface area (TPSA) is 66.5 Å². The van der Waals surface area contributed by atoms with Crippen LogP contribution in [0.1, 0.15) is 24.4 Å². The number of aromatic nitrogens is 4. The van der Waals surface area contributed by atoms with Gasteiger partial charge in [-0.05, 0) is 18.6 Å². The molecule has 0 saturated carbocycles. The van der Waals surface area contributed by atoms with Crippen molar-refractivity contribution in [2.45, 2.75) is 19.5 Å². The number of nitrogens with one attached hydrogen (secondary N) is 2. The second-order valence-corrected chi connectivity index (χ2v) is 3.87. The predicted octanol–water partition coefficient (Wildman–Crippen LogP) is 1.70. The quantitative estimate of drug-likeness (QED) is 0.850. The van der Waals surface area contributed by atoms with E-state index in [1.165, 1.54) is 0 Å². The molecule has 1 aromatic carbocycles. The van der Waals surface area contributed by atoms with Crippen molar-refractivity contribution in [3.63, 3.8) is 0 Å². The maximum atomic E-state index is 6.04. The number of hydrogen-bond donors (Lipinski definition) is 2. The fourth-order valence-corrected chi connectivity index (χ4v) is 1.55. The zero-order chi connectivity index (χ0) is 11.4. The molecule has 0 radical (unpaired) electrons. The Bertz CT molecular complexity index is 442. The summed E-state index contributed by atoms with van der Waals surface area (Å²) in [6.07, 6.45) is 0. The van der Waals surface area contributed by atoms with Crippen LogP contribution in [0.4, 0.5) is 0 Å². The standard InChI is InChI=1S/C10H12ClN5/c1-7(10-13-15-16-14-10)12-6-8-4-2-3-5-9(8)11/h2-5,7,12H,6H2,1H3,(H,13,14,15,16). The van der Waals surface area contributed by atoms with Gasteiger partial charge in [0.05, 0.1) is 6.04 Å². The van der Waals surface area contributed by atoms with Gasteiger partial charge in [-0.2, -0.15) is 5.21 Å². The number of nitrogens with zero attached hydrogens (tertiary/aromatic N) is 3. The highest BCUT2D eigenvalue weighted by Gasteiger charge is 2.09. The van der Waals surface area contributed by atoms with Crippen LogP contribution in [0, 0.1) is 0 Å². The molecule has 6 heteroatoms. The number of halogens is 1. The number of benzene rings is 1. The number of hydrogen-bond acceptors (Lipinski definition) is 4. The summed E-state index contributed by atoms with van der Waals surface area (Å²) >= 11 is 6.04. The summed E-state index contributed by atoms with van der Waals surface area (Å²) in [5, 5.41) is 17.8. The van der Waals surface area contributed by atoms with Crippen LogP contribution >= 0.6 is 11.6 Å². The summed E-state index contributed by atoms with van der Waals surface area (Å²) < 4.78 is 0. The average molecular weight is 238 g/mol. The molecule has 1 aromatic heterocycles. The molecule has 0 bridgehead atoms. The summed E-state index contributed by atoms with van der Waals surface area (Å²) in [5.74, 6) is 0.645. The van der Waals surface area contributed by atoms with E-state index < -0.39 is 0 Å². The Morgan fingerprint density at radius 2 is 2.25 bits per heavy atom. The molecular weight excluding hydrogens is 226 g/mol. The second-order valence-electron chi connectivity index (χ2n) is 3.46. The Balaban J connectivity index is 1.95. The van der Waals surface area contributed by atoms with Crippen molar-refractivity contribution in [1.82, 2.24) is 25.9 Å². The molecule has 0 saturated heterocycles.